The van der Waals surface area contributed by atoms with Gasteiger partial charge in [-0.05, 0) is 26.1 Å². The van der Waals surface area contributed by atoms with Crippen molar-refractivity contribution in [1.29, 1.82) is 0 Å². The Kier molecular flexibility index (Phi) is 4.32. The predicted octanol–water partition coefficient (Wildman–Crippen LogP) is 1.46. The molecular weight excluding hydrogens is 242 g/mol. The second-order valence-corrected chi connectivity index (χ2v) is 5.64. The van der Waals surface area contributed by atoms with Crippen LogP contribution in [-0.4, -0.2) is 48.0 Å². The van der Waals surface area contributed by atoms with Crippen molar-refractivity contribution in [2.75, 3.05) is 27.2 Å². The van der Waals surface area contributed by atoms with Gasteiger partial charge >= 0.3 is 0 Å². The standard InChI is InChI=1S/C14H21N3S/c1-16(2)13-7-8-17(10-13)9-11-3-5-12(6-4-11)14(15)18/h3-6,13H,7-10H2,1-2H3,(H2,15,18). The third-order valence-electron chi connectivity index (χ3n) is 3.62. The summed E-state index contributed by atoms with van der Waals surface area (Å²) in [5, 5.41) is 0. The Morgan fingerprint density at radius 3 is 2.56 bits per heavy atom. The van der Waals surface area contributed by atoms with E-state index < -0.39 is 0 Å². The first-order valence-electron chi connectivity index (χ1n) is 6.34. The normalized spacial score (nSPS) is 20.5. The van der Waals surface area contributed by atoms with E-state index in [9.17, 15) is 0 Å². The van der Waals surface area contributed by atoms with Crippen molar-refractivity contribution in [1.82, 2.24) is 9.80 Å². The van der Waals surface area contributed by atoms with Gasteiger partial charge < -0.3 is 10.6 Å². The molecular formula is C14H21N3S. The molecule has 1 heterocycles. The lowest BCUT2D eigenvalue weighted by atomic mass is 10.1. The quantitative estimate of drug-likeness (QED) is 0.834. The maximum atomic E-state index is 5.59. The fraction of sp³-hybridized carbons (Fsp3) is 0.500. The lowest BCUT2D eigenvalue weighted by Crippen LogP contribution is -2.31. The van der Waals surface area contributed by atoms with E-state index in [1.165, 1.54) is 18.5 Å². The zero-order chi connectivity index (χ0) is 13.1. The molecule has 0 radical (unpaired) electrons. The molecule has 1 aromatic rings. The van der Waals surface area contributed by atoms with Crippen LogP contribution in [-0.2, 0) is 6.54 Å². The van der Waals surface area contributed by atoms with E-state index in [1.54, 1.807) is 0 Å². The minimum Gasteiger partial charge on any atom is -0.389 e. The molecule has 3 nitrogen and oxygen atoms in total. The largest absolute Gasteiger partial charge is 0.389 e. The Morgan fingerprint density at radius 1 is 1.39 bits per heavy atom. The molecule has 0 aromatic heterocycles. The maximum absolute atomic E-state index is 5.59. The molecule has 1 aliphatic rings. The van der Waals surface area contributed by atoms with E-state index >= 15 is 0 Å². The van der Waals surface area contributed by atoms with E-state index in [4.69, 9.17) is 18.0 Å². The van der Waals surface area contributed by atoms with Crippen LogP contribution in [0.15, 0.2) is 24.3 Å². The highest BCUT2D eigenvalue weighted by molar-refractivity contribution is 7.80. The molecule has 0 bridgehead atoms. The Hall–Kier alpha value is -0.970. The van der Waals surface area contributed by atoms with Gasteiger partial charge in [0, 0.05) is 31.2 Å². The zero-order valence-electron chi connectivity index (χ0n) is 11.1. The molecule has 1 fully saturated rings. The van der Waals surface area contributed by atoms with Gasteiger partial charge in [-0.3, -0.25) is 4.90 Å². The van der Waals surface area contributed by atoms with Crippen molar-refractivity contribution in [3.63, 3.8) is 0 Å². The van der Waals surface area contributed by atoms with Crippen LogP contribution in [0.5, 0.6) is 0 Å². The first-order chi connectivity index (χ1) is 8.56. The van der Waals surface area contributed by atoms with Crippen molar-refractivity contribution in [2.45, 2.75) is 19.0 Å². The van der Waals surface area contributed by atoms with Crippen LogP contribution in [0.1, 0.15) is 17.5 Å². The molecule has 2 N–H and O–H groups in total. The van der Waals surface area contributed by atoms with Crippen molar-refractivity contribution in [2.24, 2.45) is 5.73 Å². The van der Waals surface area contributed by atoms with Gasteiger partial charge in [0.05, 0.1) is 0 Å². The smallest absolute Gasteiger partial charge is 0.103 e. The number of rotatable bonds is 4. The molecule has 1 saturated heterocycles. The SMILES string of the molecule is CN(C)C1CCN(Cc2ccc(C(N)=S)cc2)C1. The van der Waals surface area contributed by atoms with E-state index in [0.29, 0.717) is 11.0 Å². The highest BCUT2D eigenvalue weighted by atomic mass is 32.1. The molecule has 1 unspecified atom stereocenters. The summed E-state index contributed by atoms with van der Waals surface area (Å²) in [6.45, 7) is 3.35. The van der Waals surface area contributed by atoms with Gasteiger partial charge in [0.2, 0.25) is 0 Å². The van der Waals surface area contributed by atoms with Gasteiger partial charge in [-0.25, -0.2) is 0 Å². The molecule has 4 heteroatoms. The lowest BCUT2D eigenvalue weighted by Gasteiger charge is -2.20. The molecule has 0 aliphatic carbocycles. The summed E-state index contributed by atoms with van der Waals surface area (Å²) in [7, 11) is 4.32. The third kappa shape index (κ3) is 3.28. The molecule has 1 aliphatic heterocycles. The van der Waals surface area contributed by atoms with Crippen molar-refractivity contribution >= 4 is 17.2 Å². The van der Waals surface area contributed by atoms with E-state index in [2.05, 4.69) is 36.0 Å². The number of nitrogens with two attached hydrogens (primary N) is 1. The number of likely N-dealkylation sites (tertiary alicyclic amines) is 1. The Balaban J connectivity index is 1.92. The summed E-state index contributed by atoms with van der Waals surface area (Å²) < 4.78 is 0. The number of nitrogens with zero attached hydrogens (tertiary/aromatic N) is 2. The Bertz CT molecular complexity index is 414. The van der Waals surface area contributed by atoms with Crippen LogP contribution in [0.2, 0.25) is 0 Å². The predicted molar refractivity (Wildman–Crippen MR) is 79.7 cm³/mol. The summed E-state index contributed by atoms with van der Waals surface area (Å²) in [5.41, 5.74) is 7.87. The minimum atomic E-state index is 0.468. The van der Waals surface area contributed by atoms with Crippen molar-refractivity contribution < 1.29 is 0 Å². The van der Waals surface area contributed by atoms with Crippen molar-refractivity contribution in [3.05, 3.63) is 35.4 Å². The molecule has 0 amide bonds. The molecule has 0 spiro atoms. The summed E-state index contributed by atoms with van der Waals surface area (Å²) in [6, 6.07) is 8.96. The van der Waals surface area contributed by atoms with Gasteiger partial charge in [-0.1, -0.05) is 36.5 Å². The van der Waals surface area contributed by atoms with Crippen LogP contribution in [0.4, 0.5) is 0 Å². The number of likely N-dealkylation sites (N-methyl/N-ethyl adjacent to an activating group) is 1. The first kappa shape index (κ1) is 13.5. The van der Waals surface area contributed by atoms with Crippen LogP contribution in [0.25, 0.3) is 0 Å². The highest BCUT2D eigenvalue weighted by Crippen LogP contribution is 2.16. The molecule has 1 aromatic carbocycles. The van der Waals surface area contributed by atoms with Gasteiger partial charge in [-0.2, -0.15) is 0 Å². The van der Waals surface area contributed by atoms with E-state index in [0.717, 1.165) is 18.7 Å². The highest BCUT2D eigenvalue weighted by Gasteiger charge is 2.23. The van der Waals surface area contributed by atoms with E-state index in [1.807, 2.05) is 12.1 Å². The topological polar surface area (TPSA) is 32.5 Å². The monoisotopic (exact) mass is 263 g/mol. The fourth-order valence-electron chi connectivity index (χ4n) is 2.41. The van der Waals surface area contributed by atoms with Crippen LogP contribution in [0.3, 0.4) is 0 Å². The minimum absolute atomic E-state index is 0.468. The van der Waals surface area contributed by atoms with Crippen LogP contribution >= 0.6 is 12.2 Å². The average Bonchev–Trinajstić information content (AvgIpc) is 2.78. The van der Waals surface area contributed by atoms with Crippen LogP contribution in [0, 0.1) is 0 Å². The van der Waals surface area contributed by atoms with Gasteiger partial charge in [0.15, 0.2) is 0 Å². The third-order valence-corrected chi connectivity index (χ3v) is 3.86. The zero-order valence-corrected chi connectivity index (χ0v) is 11.9. The number of thiocarbonyl (C=S) groups is 1. The number of hydrogen-bond donors (Lipinski definition) is 1. The van der Waals surface area contributed by atoms with Gasteiger partial charge in [0.25, 0.3) is 0 Å². The number of hydrogen-bond acceptors (Lipinski definition) is 3. The summed E-state index contributed by atoms with van der Waals surface area (Å²) >= 11 is 4.95. The summed E-state index contributed by atoms with van der Waals surface area (Å²) in [4.78, 5) is 5.28. The second-order valence-electron chi connectivity index (χ2n) is 5.20. The lowest BCUT2D eigenvalue weighted by molar-refractivity contribution is 0.264. The molecule has 1 atom stereocenters. The Labute approximate surface area is 115 Å². The molecule has 98 valence electrons. The van der Waals surface area contributed by atoms with Gasteiger partial charge in [-0.15, -0.1) is 0 Å². The van der Waals surface area contributed by atoms with Crippen molar-refractivity contribution in [3.8, 4) is 0 Å². The second kappa shape index (κ2) is 5.78. The molecule has 0 saturated carbocycles. The average molecular weight is 263 g/mol. The van der Waals surface area contributed by atoms with Gasteiger partial charge in [0.1, 0.15) is 4.99 Å². The van der Waals surface area contributed by atoms with E-state index in [-0.39, 0.29) is 0 Å². The summed E-state index contributed by atoms with van der Waals surface area (Å²) in [6.07, 6.45) is 1.26. The first-order valence-corrected chi connectivity index (χ1v) is 6.74. The maximum Gasteiger partial charge on any atom is 0.103 e. The van der Waals surface area contributed by atoms with Crippen LogP contribution < -0.4 is 5.73 Å². The Morgan fingerprint density at radius 2 is 2.06 bits per heavy atom. The molecule has 2 rings (SSSR count). The number of benzene rings is 1. The summed E-state index contributed by atoms with van der Waals surface area (Å²) in [5.74, 6) is 0. The fourth-order valence-corrected chi connectivity index (χ4v) is 2.55. The molecule has 18 heavy (non-hydrogen) atoms.